The van der Waals surface area contributed by atoms with Crippen LogP contribution < -0.4 is 0 Å². The van der Waals surface area contributed by atoms with Gasteiger partial charge >= 0.3 is 0 Å². The van der Waals surface area contributed by atoms with E-state index in [2.05, 4.69) is 59.2 Å². The Bertz CT molecular complexity index is 390. The molecule has 0 heterocycles. The van der Waals surface area contributed by atoms with E-state index in [9.17, 15) is 0 Å². The molecule has 0 bridgehead atoms. The van der Waals surface area contributed by atoms with Crippen LogP contribution in [0.5, 0.6) is 0 Å². The van der Waals surface area contributed by atoms with Crippen molar-refractivity contribution in [2.75, 3.05) is 0 Å². The summed E-state index contributed by atoms with van der Waals surface area (Å²) in [6.07, 6.45) is 1.58. The molecule has 0 aromatic carbocycles. The van der Waals surface area contributed by atoms with Gasteiger partial charge in [0.2, 0.25) is 0 Å². The van der Waals surface area contributed by atoms with Gasteiger partial charge in [0.1, 0.15) is 6.07 Å². The predicted octanol–water partition coefficient (Wildman–Crippen LogP) is 4.50. The Labute approximate surface area is 106 Å². The van der Waals surface area contributed by atoms with E-state index in [1.165, 1.54) is 0 Å². The van der Waals surface area contributed by atoms with Crippen LogP contribution >= 0.6 is 0 Å². The molecule has 0 aliphatic heterocycles. The first kappa shape index (κ1) is 15.6. The number of rotatable bonds is 2. The third kappa shape index (κ3) is 4.56. The molecule has 0 amide bonds. The van der Waals surface area contributed by atoms with Crippen LogP contribution in [0.25, 0.3) is 0 Å². The van der Waals surface area contributed by atoms with Crippen LogP contribution in [0.3, 0.4) is 0 Å². The summed E-state index contributed by atoms with van der Waals surface area (Å²) in [4.78, 5) is 4.66. The molecule has 0 radical (unpaired) electrons. The Balaban J connectivity index is 5.83. The first-order chi connectivity index (χ1) is 7.54. The van der Waals surface area contributed by atoms with Crippen LogP contribution in [-0.4, -0.2) is 5.71 Å². The van der Waals surface area contributed by atoms with Crippen molar-refractivity contribution in [2.45, 2.75) is 48.5 Å². The highest BCUT2D eigenvalue weighted by Crippen LogP contribution is 2.31. The fourth-order valence-corrected chi connectivity index (χ4v) is 1.16. The van der Waals surface area contributed by atoms with Gasteiger partial charge in [-0.05, 0) is 18.4 Å². The van der Waals surface area contributed by atoms with Crippen LogP contribution in [-0.2, 0) is 0 Å². The van der Waals surface area contributed by atoms with Crippen molar-refractivity contribution in [3.8, 4) is 6.07 Å². The summed E-state index contributed by atoms with van der Waals surface area (Å²) in [7, 11) is 0. The fraction of sp³-hybridized carbons (Fsp3) is 0.600. The molecule has 0 atom stereocenters. The van der Waals surface area contributed by atoms with Crippen molar-refractivity contribution in [3.63, 3.8) is 0 Å². The van der Waals surface area contributed by atoms with E-state index in [1.54, 1.807) is 6.08 Å². The van der Waals surface area contributed by atoms with Crippen LogP contribution in [0, 0.1) is 22.2 Å². The minimum atomic E-state index is -0.161. The molecule has 2 nitrogen and oxygen atoms in total. The lowest BCUT2D eigenvalue weighted by Gasteiger charge is -2.24. The maximum atomic E-state index is 9.13. The van der Waals surface area contributed by atoms with Crippen LogP contribution in [0.15, 0.2) is 28.9 Å². The minimum Gasteiger partial charge on any atom is -0.260 e. The van der Waals surface area contributed by atoms with Crippen LogP contribution in [0.4, 0.5) is 0 Å². The molecule has 0 saturated carbocycles. The van der Waals surface area contributed by atoms with Gasteiger partial charge in [0.05, 0.1) is 11.3 Å². The lowest BCUT2D eigenvalue weighted by Crippen LogP contribution is -2.19. The topological polar surface area (TPSA) is 36.1 Å². The average Bonchev–Trinajstić information content (AvgIpc) is 2.14. The molecule has 0 aliphatic rings. The highest BCUT2D eigenvalue weighted by atomic mass is 14.8. The summed E-state index contributed by atoms with van der Waals surface area (Å²) in [5.41, 5.74) is 2.24. The lowest BCUT2D eigenvalue weighted by molar-refractivity contribution is 0.491. The first-order valence-corrected chi connectivity index (χ1v) is 5.87. The summed E-state index contributed by atoms with van der Waals surface area (Å²) < 4.78 is 0. The number of nitrogens with zero attached hydrogens (tertiary/aromatic N) is 2. The lowest BCUT2D eigenvalue weighted by atomic mass is 9.87. The van der Waals surface area contributed by atoms with Gasteiger partial charge in [-0.15, -0.1) is 0 Å². The van der Waals surface area contributed by atoms with Crippen molar-refractivity contribution in [1.82, 2.24) is 0 Å². The fourth-order valence-electron chi connectivity index (χ4n) is 1.16. The summed E-state index contributed by atoms with van der Waals surface area (Å²) in [5.74, 6) is 0. The number of hydrogen-bond acceptors (Lipinski definition) is 2. The molecular weight excluding hydrogens is 208 g/mol. The highest BCUT2D eigenvalue weighted by molar-refractivity contribution is 5.88. The minimum absolute atomic E-state index is 0.0121. The van der Waals surface area contributed by atoms with Crippen molar-refractivity contribution in [3.05, 3.63) is 23.9 Å². The number of allylic oxidation sites excluding steroid dienone is 3. The molecule has 0 fully saturated rings. The molecule has 0 saturated heterocycles. The zero-order valence-electron chi connectivity index (χ0n) is 12.2. The van der Waals surface area contributed by atoms with Crippen molar-refractivity contribution in [2.24, 2.45) is 15.8 Å². The standard InChI is InChI=1S/C15H24N2/c1-9-12(10-16)13(15(6,7)8)17-11(2)14(3,4)5/h9H,1H2,2-8H3/b13-12+,17-11?. The van der Waals surface area contributed by atoms with Crippen molar-refractivity contribution < 1.29 is 0 Å². The van der Waals surface area contributed by atoms with Crippen molar-refractivity contribution in [1.29, 1.82) is 5.26 Å². The predicted molar refractivity (Wildman–Crippen MR) is 74.9 cm³/mol. The van der Waals surface area contributed by atoms with Gasteiger partial charge in [-0.2, -0.15) is 5.26 Å². The van der Waals surface area contributed by atoms with E-state index in [0.717, 1.165) is 11.4 Å². The first-order valence-electron chi connectivity index (χ1n) is 5.87. The third-order valence-corrected chi connectivity index (χ3v) is 2.66. The van der Waals surface area contributed by atoms with E-state index < -0.39 is 0 Å². The molecule has 0 aliphatic carbocycles. The summed E-state index contributed by atoms with van der Waals surface area (Å²) >= 11 is 0. The van der Waals surface area contributed by atoms with E-state index in [4.69, 9.17) is 5.26 Å². The quantitative estimate of drug-likeness (QED) is 0.392. The molecule has 94 valence electrons. The van der Waals surface area contributed by atoms with Gasteiger partial charge in [-0.3, -0.25) is 4.99 Å². The monoisotopic (exact) mass is 232 g/mol. The molecule has 2 heteroatoms. The Hall–Kier alpha value is -1.36. The van der Waals surface area contributed by atoms with Gasteiger partial charge in [0.15, 0.2) is 0 Å². The second-order valence-corrected chi connectivity index (χ2v) is 6.28. The summed E-state index contributed by atoms with van der Waals surface area (Å²) in [6, 6.07) is 2.17. The van der Waals surface area contributed by atoms with Gasteiger partial charge in [-0.25, -0.2) is 0 Å². The molecule has 0 aromatic rings. The third-order valence-electron chi connectivity index (χ3n) is 2.66. The Morgan fingerprint density at radius 2 is 1.59 bits per heavy atom. The second kappa shape index (κ2) is 5.31. The average molecular weight is 232 g/mol. The zero-order chi connectivity index (χ0) is 13.9. The number of aliphatic imine (C=N–C) groups is 1. The Kier molecular flexibility index (Phi) is 4.89. The number of hydrogen-bond donors (Lipinski definition) is 0. The van der Waals surface area contributed by atoms with Crippen LogP contribution in [0.1, 0.15) is 48.5 Å². The molecule has 0 rings (SSSR count). The van der Waals surface area contributed by atoms with E-state index >= 15 is 0 Å². The normalized spacial score (nSPS) is 15.1. The molecule has 0 N–H and O–H groups in total. The molecule has 17 heavy (non-hydrogen) atoms. The zero-order valence-corrected chi connectivity index (χ0v) is 12.2. The summed E-state index contributed by atoms with van der Waals surface area (Å²) in [6.45, 7) is 18.2. The highest BCUT2D eigenvalue weighted by Gasteiger charge is 2.23. The molecule has 0 spiro atoms. The SMILES string of the molecule is C=C/C(C#N)=C(\N=C(C)C(C)(C)C)C(C)(C)C. The van der Waals surface area contributed by atoms with Gasteiger partial charge in [0.25, 0.3) is 0 Å². The smallest absolute Gasteiger partial charge is 0.101 e. The molecular formula is C15H24N2. The molecule has 0 aromatic heterocycles. The van der Waals surface area contributed by atoms with Crippen molar-refractivity contribution >= 4 is 5.71 Å². The Morgan fingerprint density at radius 3 is 1.82 bits per heavy atom. The summed E-state index contributed by atoms with van der Waals surface area (Å²) in [5, 5.41) is 9.13. The van der Waals surface area contributed by atoms with Gasteiger partial charge in [-0.1, -0.05) is 48.1 Å². The van der Waals surface area contributed by atoms with Gasteiger partial charge < -0.3 is 0 Å². The number of nitriles is 1. The van der Waals surface area contributed by atoms with Gasteiger partial charge in [0, 0.05) is 11.1 Å². The largest absolute Gasteiger partial charge is 0.260 e. The second-order valence-electron chi connectivity index (χ2n) is 6.28. The maximum Gasteiger partial charge on any atom is 0.101 e. The van der Waals surface area contributed by atoms with E-state index in [-0.39, 0.29) is 10.8 Å². The van der Waals surface area contributed by atoms with E-state index in [1.807, 2.05) is 6.92 Å². The molecule has 0 unspecified atom stereocenters. The Morgan fingerprint density at radius 1 is 1.12 bits per heavy atom. The van der Waals surface area contributed by atoms with Crippen LogP contribution in [0.2, 0.25) is 0 Å². The van der Waals surface area contributed by atoms with E-state index in [0.29, 0.717) is 5.57 Å². The maximum absolute atomic E-state index is 9.13.